The Bertz CT molecular complexity index is 310. The third kappa shape index (κ3) is 2.44. The average molecular weight is 192 g/mol. The summed E-state index contributed by atoms with van der Waals surface area (Å²) < 4.78 is 4.93. The molecule has 1 unspecified atom stereocenters. The van der Waals surface area contributed by atoms with Crippen LogP contribution in [0.25, 0.3) is 5.57 Å². The molecule has 14 heavy (non-hydrogen) atoms. The molecule has 1 rings (SSSR count). The maximum atomic E-state index is 9.66. The fourth-order valence-corrected chi connectivity index (χ4v) is 1.41. The lowest BCUT2D eigenvalue weighted by atomic mass is 10.0. The molecule has 0 saturated heterocycles. The van der Waals surface area contributed by atoms with Gasteiger partial charge in [-0.1, -0.05) is 35.9 Å². The van der Waals surface area contributed by atoms with Gasteiger partial charge >= 0.3 is 0 Å². The van der Waals surface area contributed by atoms with Gasteiger partial charge in [-0.25, -0.2) is 0 Å². The van der Waals surface area contributed by atoms with Crippen LogP contribution in [0.3, 0.4) is 0 Å². The van der Waals surface area contributed by atoms with Crippen LogP contribution in [-0.4, -0.2) is 18.5 Å². The third-order valence-electron chi connectivity index (χ3n) is 2.09. The van der Waals surface area contributed by atoms with E-state index < -0.39 is 6.29 Å². The van der Waals surface area contributed by atoms with Crippen LogP contribution in [0.5, 0.6) is 0 Å². The maximum Gasteiger partial charge on any atom is 0.181 e. The quantitative estimate of drug-likeness (QED) is 0.745. The highest BCUT2D eigenvalue weighted by Crippen LogP contribution is 2.22. The minimum atomic E-state index is -0.845. The van der Waals surface area contributed by atoms with Gasteiger partial charge in [0.2, 0.25) is 0 Å². The number of benzene rings is 1. The van der Waals surface area contributed by atoms with Gasteiger partial charge in [0, 0.05) is 12.7 Å². The number of aliphatic hydroxyl groups excluding tert-OH is 1. The van der Waals surface area contributed by atoms with Crippen LogP contribution in [0.4, 0.5) is 0 Å². The second-order valence-electron chi connectivity index (χ2n) is 3.37. The summed E-state index contributed by atoms with van der Waals surface area (Å²) in [6.07, 6.45) is -0.845. The molecule has 1 aromatic rings. The lowest BCUT2D eigenvalue weighted by Crippen LogP contribution is -2.12. The molecule has 1 aromatic carbocycles. The Balaban J connectivity index is 3.09. The second-order valence-corrected chi connectivity index (χ2v) is 3.37. The van der Waals surface area contributed by atoms with Crippen molar-refractivity contribution in [3.05, 3.63) is 41.5 Å². The van der Waals surface area contributed by atoms with Gasteiger partial charge in [0.25, 0.3) is 0 Å². The van der Waals surface area contributed by atoms with Crippen molar-refractivity contribution in [1.29, 1.82) is 0 Å². The molecular formula is C12H16O2. The molecule has 0 heterocycles. The van der Waals surface area contributed by atoms with Gasteiger partial charge in [0.1, 0.15) is 0 Å². The number of ether oxygens (including phenoxy) is 1. The van der Waals surface area contributed by atoms with Gasteiger partial charge in [0.15, 0.2) is 6.29 Å². The molecule has 0 bridgehead atoms. The highest BCUT2D eigenvalue weighted by Gasteiger charge is 2.12. The number of hydrogen-bond donors (Lipinski definition) is 1. The van der Waals surface area contributed by atoms with E-state index in [4.69, 9.17) is 4.74 Å². The first-order valence-corrected chi connectivity index (χ1v) is 4.60. The highest BCUT2D eigenvalue weighted by atomic mass is 16.6. The number of methoxy groups -OCH3 is 1. The fourth-order valence-electron chi connectivity index (χ4n) is 1.41. The molecule has 1 atom stereocenters. The molecule has 76 valence electrons. The van der Waals surface area contributed by atoms with Crippen molar-refractivity contribution in [3.8, 4) is 0 Å². The minimum absolute atomic E-state index is 0.841. The van der Waals surface area contributed by atoms with Gasteiger partial charge in [-0.2, -0.15) is 0 Å². The second kappa shape index (κ2) is 4.94. The van der Waals surface area contributed by atoms with Crippen molar-refractivity contribution in [1.82, 2.24) is 0 Å². The molecule has 2 nitrogen and oxygen atoms in total. The normalized spacial score (nSPS) is 12.3. The monoisotopic (exact) mass is 192 g/mol. The molecule has 0 radical (unpaired) electrons. The molecule has 0 aliphatic carbocycles. The molecular weight excluding hydrogens is 176 g/mol. The fraction of sp³-hybridized carbons (Fsp3) is 0.333. The van der Waals surface area contributed by atoms with E-state index in [1.54, 1.807) is 0 Å². The molecule has 0 amide bonds. The molecule has 0 aliphatic heterocycles. The summed E-state index contributed by atoms with van der Waals surface area (Å²) in [6.45, 7) is 3.93. The molecule has 2 heteroatoms. The lowest BCUT2D eigenvalue weighted by Gasteiger charge is -2.15. The van der Waals surface area contributed by atoms with E-state index >= 15 is 0 Å². The van der Waals surface area contributed by atoms with Crippen LogP contribution < -0.4 is 0 Å². The summed E-state index contributed by atoms with van der Waals surface area (Å²) in [5.41, 5.74) is 2.90. The molecule has 1 N–H and O–H groups in total. The number of allylic oxidation sites excluding steroid dienone is 1. The predicted octanol–water partition coefficient (Wildman–Crippen LogP) is 2.44. The Morgan fingerprint density at radius 3 is 2.21 bits per heavy atom. The number of aliphatic hydroxyl groups is 1. The SMILES string of the molecule is COC(O)C(=C(C)C)c1ccccc1. The van der Waals surface area contributed by atoms with Gasteiger partial charge in [-0.05, 0) is 19.4 Å². The number of rotatable bonds is 3. The third-order valence-corrected chi connectivity index (χ3v) is 2.09. The molecule has 0 aliphatic rings. The summed E-state index contributed by atoms with van der Waals surface area (Å²) in [6, 6.07) is 9.77. The highest BCUT2D eigenvalue weighted by molar-refractivity contribution is 5.69. The summed E-state index contributed by atoms with van der Waals surface area (Å²) in [4.78, 5) is 0. The Hall–Kier alpha value is -1.12. The first-order valence-electron chi connectivity index (χ1n) is 4.60. The lowest BCUT2D eigenvalue weighted by molar-refractivity contribution is -0.0279. The van der Waals surface area contributed by atoms with Gasteiger partial charge in [0.05, 0.1) is 0 Å². The Morgan fingerprint density at radius 2 is 1.79 bits per heavy atom. The largest absolute Gasteiger partial charge is 0.364 e. The molecule has 0 aromatic heterocycles. The average Bonchev–Trinajstić information content (AvgIpc) is 2.19. The topological polar surface area (TPSA) is 29.5 Å². The standard InChI is InChI=1S/C12H16O2/c1-9(2)11(12(13)14-3)10-7-5-4-6-8-10/h4-8,12-13H,1-3H3. The zero-order valence-electron chi connectivity index (χ0n) is 8.82. The van der Waals surface area contributed by atoms with Crippen LogP contribution in [0.2, 0.25) is 0 Å². The first-order chi connectivity index (χ1) is 6.66. The maximum absolute atomic E-state index is 9.66. The zero-order chi connectivity index (χ0) is 10.6. The smallest absolute Gasteiger partial charge is 0.181 e. The van der Waals surface area contributed by atoms with Crippen LogP contribution in [0.1, 0.15) is 19.4 Å². The van der Waals surface area contributed by atoms with Crippen LogP contribution >= 0.6 is 0 Å². The minimum Gasteiger partial charge on any atom is -0.364 e. The summed E-state index contributed by atoms with van der Waals surface area (Å²) in [7, 11) is 1.50. The summed E-state index contributed by atoms with van der Waals surface area (Å²) in [5, 5.41) is 9.66. The van der Waals surface area contributed by atoms with Crippen LogP contribution in [-0.2, 0) is 4.74 Å². The van der Waals surface area contributed by atoms with Crippen molar-refractivity contribution >= 4 is 5.57 Å². The molecule has 0 saturated carbocycles. The van der Waals surface area contributed by atoms with Crippen molar-refractivity contribution < 1.29 is 9.84 Å². The van der Waals surface area contributed by atoms with E-state index in [9.17, 15) is 5.11 Å². The van der Waals surface area contributed by atoms with Crippen molar-refractivity contribution in [3.63, 3.8) is 0 Å². The Kier molecular flexibility index (Phi) is 3.86. The van der Waals surface area contributed by atoms with Crippen molar-refractivity contribution in [2.45, 2.75) is 20.1 Å². The van der Waals surface area contributed by atoms with E-state index in [1.807, 2.05) is 44.2 Å². The van der Waals surface area contributed by atoms with E-state index in [1.165, 1.54) is 7.11 Å². The van der Waals surface area contributed by atoms with E-state index in [2.05, 4.69) is 0 Å². The molecule has 0 spiro atoms. The van der Waals surface area contributed by atoms with Gasteiger partial charge < -0.3 is 9.84 Å². The summed E-state index contributed by atoms with van der Waals surface area (Å²) >= 11 is 0. The predicted molar refractivity (Wildman–Crippen MR) is 57.7 cm³/mol. The molecule has 0 fully saturated rings. The van der Waals surface area contributed by atoms with E-state index in [0.717, 1.165) is 16.7 Å². The Morgan fingerprint density at radius 1 is 1.21 bits per heavy atom. The van der Waals surface area contributed by atoms with Gasteiger partial charge in [-0.3, -0.25) is 0 Å². The van der Waals surface area contributed by atoms with E-state index in [-0.39, 0.29) is 0 Å². The zero-order valence-corrected chi connectivity index (χ0v) is 8.82. The first kappa shape index (κ1) is 11.0. The van der Waals surface area contributed by atoms with E-state index in [0.29, 0.717) is 0 Å². The Labute approximate surface area is 84.8 Å². The van der Waals surface area contributed by atoms with Gasteiger partial charge in [-0.15, -0.1) is 0 Å². The van der Waals surface area contributed by atoms with Crippen LogP contribution in [0, 0.1) is 0 Å². The van der Waals surface area contributed by atoms with Crippen LogP contribution in [0.15, 0.2) is 35.9 Å². The number of hydrogen-bond acceptors (Lipinski definition) is 2. The summed E-state index contributed by atoms with van der Waals surface area (Å²) in [5.74, 6) is 0. The van der Waals surface area contributed by atoms with Crippen molar-refractivity contribution in [2.24, 2.45) is 0 Å². The van der Waals surface area contributed by atoms with Crippen molar-refractivity contribution in [2.75, 3.05) is 7.11 Å².